The van der Waals surface area contributed by atoms with E-state index in [2.05, 4.69) is 27.4 Å². The van der Waals surface area contributed by atoms with Gasteiger partial charge >= 0.3 is 6.01 Å². The highest BCUT2D eigenvalue weighted by molar-refractivity contribution is 5.25. The van der Waals surface area contributed by atoms with Crippen LogP contribution in [0.3, 0.4) is 0 Å². The molecule has 0 aliphatic heterocycles. The summed E-state index contributed by atoms with van der Waals surface area (Å²) in [4.78, 5) is 6.31. The van der Waals surface area contributed by atoms with Crippen LogP contribution in [0.2, 0.25) is 0 Å². The summed E-state index contributed by atoms with van der Waals surface area (Å²) < 4.78 is 5.62. The second-order valence-electron chi connectivity index (χ2n) is 4.09. The lowest BCUT2D eigenvalue weighted by Crippen LogP contribution is -2.22. The van der Waals surface area contributed by atoms with Crippen LogP contribution in [-0.2, 0) is 13.1 Å². The van der Waals surface area contributed by atoms with Gasteiger partial charge in [-0.2, -0.15) is 0 Å². The maximum atomic E-state index is 5.62. The molecule has 6 heteroatoms. The standard InChI is InChI=1S/C13H19N5O/c1-3-14-9-12-16-17-13(19-12)18(4-2)10-11-7-5-6-8-15-11/h5-8,14H,3-4,9-10H2,1-2H3. The lowest BCUT2D eigenvalue weighted by Gasteiger charge is -2.16. The fraction of sp³-hybridized carbons (Fsp3) is 0.462. The minimum absolute atomic E-state index is 0.543. The predicted molar refractivity (Wildman–Crippen MR) is 72.6 cm³/mol. The summed E-state index contributed by atoms with van der Waals surface area (Å²) in [6, 6.07) is 6.40. The van der Waals surface area contributed by atoms with Crippen molar-refractivity contribution in [3.05, 3.63) is 36.0 Å². The van der Waals surface area contributed by atoms with Crippen molar-refractivity contribution in [2.45, 2.75) is 26.9 Å². The van der Waals surface area contributed by atoms with Crippen LogP contribution in [0.1, 0.15) is 25.4 Å². The molecule has 1 N–H and O–H groups in total. The number of anilines is 1. The molecule has 0 bridgehead atoms. The number of nitrogens with one attached hydrogen (secondary N) is 1. The lowest BCUT2D eigenvalue weighted by atomic mass is 10.3. The van der Waals surface area contributed by atoms with E-state index in [1.165, 1.54) is 0 Å². The highest BCUT2D eigenvalue weighted by atomic mass is 16.4. The Morgan fingerprint density at radius 2 is 2.16 bits per heavy atom. The lowest BCUT2D eigenvalue weighted by molar-refractivity contribution is 0.464. The number of aromatic nitrogens is 3. The highest BCUT2D eigenvalue weighted by Crippen LogP contribution is 2.14. The molecule has 2 rings (SSSR count). The first-order valence-electron chi connectivity index (χ1n) is 6.51. The molecule has 2 aromatic rings. The Morgan fingerprint density at radius 3 is 2.84 bits per heavy atom. The second kappa shape index (κ2) is 6.84. The van der Waals surface area contributed by atoms with Gasteiger partial charge in [-0.25, -0.2) is 0 Å². The molecule has 6 nitrogen and oxygen atoms in total. The van der Waals surface area contributed by atoms with Gasteiger partial charge in [-0.1, -0.05) is 18.1 Å². The van der Waals surface area contributed by atoms with E-state index in [1.54, 1.807) is 6.20 Å². The van der Waals surface area contributed by atoms with Crippen LogP contribution in [0.15, 0.2) is 28.8 Å². The fourth-order valence-corrected chi connectivity index (χ4v) is 1.68. The summed E-state index contributed by atoms with van der Waals surface area (Å²) in [6.45, 7) is 7.03. The van der Waals surface area contributed by atoms with Gasteiger partial charge in [0.1, 0.15) is 0 Å². The first kappa shape index (κ1) is 13.5. The molecule has 0 aromatic carbocycles. The first-order chi connectivity index (χ1) is 9.33. The van der Waals surface area contributed by atoms with Crippen molar-refractivity contribution in [3.8, 4) is 0 Å². The Bertz CT molecular complexity index is 485. The van der Waals surface area contributed by atoms with E-state index in [9.17, 15) is 0 Å². The van der Waals surface area contributed by atoms with Gasteiger partial charge in [0.15, 0.2) is 0 Å². The Hall–Kier alpha value is -1.95. The third-order valence-corrected chi connectivity index (χ3v) is 2.71. The minimum Gasteiger partial charge on any atom is -0.407 e. The average molecular weight is 261 g/mol. The summed E-state index contributed by atoms with van der Waals surface area (Å²) in [5, 5.41) is 11.3. The van der Waals surface area contributed by atoms with Gasteiger partial charge in [0, 0.05) is 12.7 Å². The zero-order valence-electron chi connectivity index (χ0n) is 11.3. The third-order valence-electron chi connectivity index (χ3n) is 2.71. The topological polar surface area (TPSA) is 67.1 Å². The smallest absolute Gasteiger partial charge is 0.318 e. The molecule has 102 valence electrons. The zero-order valence-corrected chi connectivity index (χ0v) is 11.3. The molecule has 2 aromatic heterocycles. The number of nitrogens with zero attached hydrogens (tertiary/aromatic N) is 4. The highest BCUT2D eigenvalue weighted by Gasteiger charge is 2.13. The molecule has 0 amide bonds. The number of hydrogen-bond acceptors (Lipinski definition) is 6. The van der Waals surface area contributed by atoms with Crippen LogP contribution in [0.4, 0.5) is 6.01 Å². The maximum Gasteiger partial charge on any atom is 0.318 e. The van der Waals surface area contributed by atoms with Crippen molar-refractivity contribution < 1.29 is 4.42 Å². The summed E-state index contributed by atoms with van der Waals surface area (Å²) in [5.41, 5.74) is 0.982. The van der Waals surface area contributed by atoms with Crippen molar-refractivity contribution in [2.75, 3.05) is 18.0 Å². The number of pyridine rings is 1. The molecule has 2 heterocycles. The van der Waals surface area contributed by atoms with Gasteiger partial charge in [-0.3, -0.25) is 4.98 Å². The molecule has 19 heavy (non-hydrogen) atoms. The van der Waals surface area contributed by atoms with E-state index >= 15 is 0 Å². The summed E-state index contributed by atoms with van der Waals surface area (Å²) in [5.74, 6) is 0.608. The third kappa shape index (κ3) is 3.75. The SMILES string of the molecule is CCNCc1nnc(N(CC)Cc2ccccn2)o1. The molecule has 0 saturated heterocycles. The van der Waals surface area contributed by atoms with Gasteiger partial charge in [-0.05, 0) is 25.6 Å². The van der Waals surface area contributed by atoms with E-state index in [4.69, 9.17) is 4.42 Å². The Balaban J connectivity index is 2.03. The van der Waals surface area contributed by atoms with Crippen LogP contribution in [-0.4, -0.2) is 28.3 Å². The normalized spacial score (nSPS) is 10.6. The first-order valence-corrected chi connectivity index (χ1v) is 6.51. The van der Waals surface area contributed by atoms with Crippen molar-refractivity contribution in [1.82, 2.24) is 20.5 Å². The molecule has 0 radical (unpaired) electrons. The molecular weight excluding hydrogens is 242 g/mol. The van der Waals surface area contributed by atoms with Gasteiger partial charge in [0.2, 0.25) is 5.89 Å². The Kier molecular flexibility index (Phi) is 4.85. The molecule has 0 spiro atoms. The molecule has 0 aliphatic carbocycles. The summed E-state index contributed by atoms with van der Waals surface area (Å²) in [7, 11) is 0. The Morgan fingerprint density at radius 1 is 1.26 bits per heavy atom. The van der Waals surface area contributed by atoms with Gasteiger partial charge in [0.05, 0.1) is 18.8 Å². The minimum atomic E-state index is 0.543. The van der Waals surface area contributed by atoms with Crippen molar-refractivity contribution in [3.63, 3.8) is 0 Å². The van der Waals surface area contributed by atoms with E-state index < -0.39 is 0 Å². The average Bonchev–Trinajstić information content (AvgIpc) is 2.92. The Labute approximate surface area is 112 Å². The van der Waals surface area contributed by atoms with Gasteiger partial charge < -0.3 is 14.6 Å². The molecule has 0 fully saturated rings. The monoisotopic (exact) mass is 261 g/mol. The largest absolute Gasteiger partial charge is 0.407 e. The van der Waals surface area contributed by atoms with E-state index in [-0.39, 0.29) is 0 Å². The zero-order chi connectivity index (χ0) is 13.5. The molecule has 0 atom stereocenters. The quantitative estimate of drug-likeness (QED) is 0.816. The van der Waals surface area contributed by atoms with Crippen LogP contribution < -0.4 is 10.2 Å². The summed E-state index contributed by atoms with van der Waals surface area (Å²) in [6.07, 6.45) is 1.79. The van der Waals surface area contributed by atoms with E-state index in [1.807, 2.05) is 30.0 Å². The van der Waals surface area contributed by atoms with Crippen LogP contribution in [0.25, 0.3) is 0 Å². The van der Waals surface area contributed by atoms with Crippen LogP contribution in [0, 0.1) is 0 Å². The van der Waals surface area contributed by atoms with Crippen LogP contribution >= 0.6 is 0 Å². The molecule has 0 unspecified atom stereocenters. The molecule has 0 saturated carbocycles. The fourth-order valence-electron chi connectivity index (χ4n) is 1.68. The van der Waals surface area contributed by atoms with Gasteiger partial charge in [-0.15, -0.1) is 5.10 Å². The molecule has 0 aliphatic rings. The van der Waals surface area contributed by atoms with Crippen molar-refractivity contribution in [2.24, 2.45) is 0 Å². The van der Waals surface area contributed by atoms with Crippen molar-refractivity contribution in [1.29, 1.82) is 0 Å². The van der Waals surface area contributed by atoms with E-state index in [0.717, 1.165) is 18.8 Å². The number of hydrogen-bond donors (Lipinski definition) is 1. The summed E-state index contributed by atoms with van der Waals surface area (Å²) >= 11 is 0. The van der Waals surface area contributed by atoms with Crippen molar-refractivity contribution >= 4 is 6.01 Å². The second-order valence-corrected chi connectivity index (χ2v) is 4.09. The van der Waals surface area contributed by atoms with Gasteiger partial charge in [0.25, 0.3) is 0 Å². The number of rotatable bonds is 7. The van der Waals surface area contributed by atoms with Crippen LogP contribution in [0.5, 0.6) is 0 Å². The maximum absolute atomic E-state index is 5.62. The van der Waals surface area contributed by atoms with E-state index in [0.29, 0.717) is 25.0 Å². The molecular formula is C13H19N5O. The predicted octanol–water partition coefficient (Wildman–Crippen LogP) is 1.60.